The fourth-order valence-corrected chi connectivity index (χ4v) is 3.34. The van der Waals surface area contributed by atoms with Crippen LogP contribution in [-0.2, 0) is 9.53 Å². The smallest absolute Gasteiger partial charge is 0.306 e. The highest BCUT2D eigenvalue weighted by Gasteiger charge is 2.14. The van der Waals surface area contributed by atoms with E-state index in [0.29, 0.717) is 17.9 Å². The number of carbonyl (C=O) groups excluding carboxylic acids is 1. The molecule has 1 N–H and O–H groups in total. The number of hydrogen-bond acceptors (Lipinski definition) is 7. The summed E-state index contributed by atoms with van der Waals surface area (Å²) in [6.45, 7) is 8.40. The van der Waals surface area contributed by atoms with E-state index in [2.05, 4.69) is 15.5 Å². The average Bonchev–Trinajstić information content (AvgIpc) is 3.06. The molecule has 0 saturated heterocycles. The van der Waals surface area contributed by atoms with Gasteiger partial charge in [-0.1, -0.05) is 6.42 Å². The number of methoxy groups -OCH3 is 1. The van der Waals surface area contributed by atoms with E-state index in [0.717, 1.165) is 54.0 Å². The van der Waals surface area contributed by atoms with Crippen LogP contribution in [0.1, 0.15) is 50.9 Å². The summed E-state index contributed by atoms with van der Waals surface area (Å²) in [7, 11) is 1.66. The van der Waals surface area contributed by atoms with E-state index < -0.39 is 0 Å². The predicted octanol–water partition coefficient (Wildman–Crippen LogP) is 3.83. The zero-order valence-corrected chi connectivity index (χ0v) is 17.8. The fraction of sp³-hybridized carbons (Fsp3) is 0.524. The Hall–Kier alpha value is -2.90. The molecule has 0 saturated carbocycles. The SMILES string of the molecule is COc1cc2nc(NCCCCCC(=O)OC(C)C)c3nnc(C)n3c2cc1C. The van der Waals surface area contributed by atoms with Crippen molar-refractivity contribution in [3.05, 3.63) is 23.5 Å². The first-order valence-corrected chi connectivity index (χ1v) is 10.0. The summed E-state index contributed by atoms with van der Waals surface area (Å²) < 4.78 is 12.6. The Morgan fingerprint density at radius 1 is 1.17 bits per heavy atom. The van der Waals surface area contributed by atoms with Crippen LogP contribution in [0.2, 0.25) is 0 Å². The average molecular weight is 399 g/mol. The number of fused-ring (bicyclic) bond motifs is 3. The van der Waals surface area contributed by atoms with Crippen molar-refractivity contribution in [3.8, 4) is 5.75 Å². The van der Waals surface area contributed by atoms with Gasteiger partial charge in [-0.3, -0.25) is 9.20 Å². The van der Waals surface area contributed by atoms with Crippen molar-refractivity contribution in [2.75, 3.05) is 19.0 Å². The number of rotatable bonds is 9. The minimum atomic E-state index is -0.131. The number of esters is 1. The first-order chi connectivity index (χ1) is 13.9. The molecule has 3 rings (SSSR count). The van der Waals surface area contributed by atoms with Crippen molar-refractivity contribution < 1.29 is 14.3 Å². The molecule has 0 radical (unpaired) electrons. The molecule has 2 aromatic heterocycles. The van der Waals surface area contributed by atoms with Crippen molar-refractivity contribution in [1.29, 1.82) is 0 Å². The van der Waals surface area contributed by atoms with Crippen LogP contribution in [0.3, 0.4) is 0 Å². The number of benzene rings is 1. The third kappa shape index (κ3) is 4.75. The van der Waals surface area contributed by atoms with Gasteiger partial charge in [0.25, 0.3) is 0 Å². The summed E-state index contributed by atoms with van der Waals surface area (Å²) in [5, 5.41) is 11.9. The standard InChI is InChI=1S/C21H29N5O3/c1-13(2)29-19(27)9-7-6-8-10-22-20-21-25-24-15(4)26(21)17-11-14(3)18(28-5)12-16(17)23-20/h11-13H,6-10H2,1-5H3,(H,22,23). The highest BCUT2D eigenvalue weighted by molar-refractivity contribution is 5.85. The van der Waals surface area contributed by atoms with Gasteiger partial charge in [-0.05, 0) is 52.2 Å². The zero-order chi connectivity index (χ0) is 21.0. The Kier molecular flexibility index (Phi) is 6.51. The molecule has 0 aliphatic carbocycles. The Morgan fingerprint density at radius 2 is 1.97 bits per heavy atom. The number of aromatic nitrogens is 4. The van der Waals surface area contributed by atoms with Crippen molar-refractivity contribution in [3.63, 3.8) is 0 Å². The Labute approximate surface area is 170 Å². The number of anilines is 1. The lowest BCUT2D eigenvalue weighted by Gasteiger charge is -2.12. The molecule has 0 spiro atoms. The van der Waals surface area contributed by atoms with Crippen molar-refractivity contribution in [2.45, 2.75) is 59.5 Å². The topological polar surface area (TPSA) is 90.6 Å². The minimum Gasteiger partial charge on any atom is -0.496 e. The number of hydrogen-bond donors (Lipinski definition) is 1. The normalized spacial score (nSPS) is 11.4. The van der Waals surface area contributed by atoms with Crippen molar-refractivity contribution in [2.24, 2.45) is 0 Å². The largest absolute Gasteiger partial charge is 0.496 e. The monoisotopic (exact) mass is 399 g/mol. The minimum absolute atomic E-state index is 0.0559. The molecule has 29 heavy (non-hydrogen) atoms. The second-order valence-corrected chi connectivity index (χ2v) is 7.45. The van der Waals surface area contributed by atoms with Crippen LogP contribution in [0.4, 0.5) is 5.82 Å². The molecule has 3 aromatic rings. The van der Waals surface area contributed by atoms with E-state index in [4.69, 9.17) is 14.5 Å². The second-order valence-electron chi connectivity index (χ2n) is 7.45. The molecule has 2 heterocycles. The van der Waals surface area contributed by atoms with Gasteiger partial charge in [0.2, 0.25) is 5.65 Å². The van der Waals surface area contributed by atoms with E-state index in [1.807, 2.05) is 44.2 Å². The van der Waals surface area contributed by atoms with Crippen LogP contribution < -0.4 is 10.1 Å². The quantitative estimate of drug-likeness (QED) is 0.432. The molecule has 0 atom stereocenters. The van der Waals surface area contributed by atoms with Crippen LogP contribution in [-0.4, -0.2) is 45.3 Å². The Morgan fingerprint density at radius 3 is 2.69 bits per heavy atom. The van der Waals surface area contributed by atoms with Gasteiger partial charge in [0.1, 0.15) is 11.6 Å². The molecular weight excluding hydrogens is 370 g/mol. The number of unbranched alkanes of at least 4 members (excludes halogenated alkanes) is 2. The number of nitrogens with zero attached hydrogens (tertiary/aromatic N) is 4. The Bertz CT molecular complexity index is 1010. The molecule has 0 unspecified atom stereocenters. The van der Waals surface area contributed by atoms with Crippen molar-refractivity contribution >= 4 is 28.5 Å². The van der Waals surface area contributed by atoms with Crippen LogP contribution in [0.5, 0.6) is 5.75 Å². The third-order valence-corrected chi connectivity index (χ3v) is 4.72. The van der Waals surface area contributed by atoms with E-state index in [1.165, 1.54) is 0 Å². The van der Waals surface area contributed by atoms with Gasteiger partial charge in [0, 0.05) is 19.0 Å². The lowest BCUT2D eigenvalue weighted by Crippen LogP contribution is -2.11. The summed E-state index contributed by atoms with van der Waals surface area (Å²) in [5.74, 6) is 2.18. The lowest BCUT2D eigenvalue weighted by atomic mass is 10.2. The molecule has 0 aliphatic rings. The maximum Gasteiger partial charge on any atom is 0.306 e. The first kappa shape index (κ1) is 20.8. The second kappa shape index (κ2) is 9.07. The predicted molar refractivity (Wildman–Crippen MR) is 112 cm³/mol. The van der Waals surface area contributed by atoms with Crippen LogP contribution in [0.15, 0.2) is 12.1 Å². The highest BCUT2D eigenvalue weighted by atomic mass is 16.5. The van der Waals surface area contributed by atoms with Gasteiger partial charge in [-0.2, -0.15) is 0 Å². The maximum absolute atomic E-state index is 11.6. The first-order valence-electron chi connectivity index (χ1n) is 10.0. The summed E-state index contributed by atoms with van der Waals surface area (Å²) in [4.78, 5) is 16.3. The lowest BCUT2D eigenvalue weighted by molar-refractivity contribution is -0.147. The van der Waals surface area contributed by atoms with Gasteiger partial charge in [-0.15, -0.1) is 10.2 Å². The number of nitrogens with one attached hydrogen (secondary N) is 1. The van der Waals surface area contributed by atoms with Gasteiger partial charge in [-0.25, -0.2) is 4.98 Å². The van der Waals surface area contributed by atoms with Crippen LogP contribution in [0, 0.1) is 13.8 Å². The molecule has 8 heteroatoms. The van der Waals surface area contributed by atoms with Crippen LogP contribution >= 0.6 is 0 Å². The Balaban J connectivity index is 1.69. The molecule has 0 bridgehead atoms. The molecule has 0 amide bonds. The maximum atomic E-state index is 11.6. The summed E-state index contributed by atoms with van der Waals surface area (Å²) in [6, 6.07) is 3.99. The van der Waals surface area contributed by atoms with Gasteiger partial charge < -0.3 is 14.8 Å². The van der Waals surface area contributed by atoms with E-state index in [9.17, 15) is 4.79 Å². The highest BCUT2D eigenvalue weighted by Crippen LogP contribution is 2.28. The molecule has 0 fully saturated rings. The van der Waals surface area contributed by atoms with Gasteiger partial charge in [0.15, 0.2) is 5.82 Å². The fourth-order valence-electron chi connectivity index (χ4n) is 3.34. The van der Waals surface area contributed by atoms with E-state index in [-0.39, 0.29) is 12.1 Å². The van der Waals surface area contributed by atoms with E-state index in [1.54, 1.807) is 7.11 Å². The molecule has 156 valence electrons. The zero-order valence-electron chi connectivity index (χ0n) is 17.8. The molecule has 8 nitrogen and oxygen atoms in total. The molecular formula is C21H29N5O3. The number of carbonyl (C=O) groups is 1. The molecule has 1 aromatic carbocycles. The van der Waals surface area contributed by atoms with E-state index >= 15 is 0 Å². The molecule has 0 aliphatic heterocycles. The summed E-state index contributed by atoms with van der Waals surface area (Å²) >= 11 is 0. The summed E-state index contributed by atoms with van der Waals surface area (Å²) in [6.07, 6.45) is 3.07. The van der Waals surface area contributed by atoms with Crippen molar-refractivity contribution in [1.82, 2.24) is 19.6 Å². The number of aryl methyl sites for hydroxylation is 2. The van der Waals surface area contributed by atoms with Gasteiger partial charge in [0.05, 0.1) is 24.2 Å². The van der Waals surface area contributed by atoms with Crippen LogP contribution in [0.25, 0.3) is 16.7 Å². The summed E-state index contributed by atoms with van der Waals surface area (Å²) in [5.41, 5.74) is 3.52. The van der Waals surface area contributed by atoms with Gasteiger partial charge >= 0.3 is 5.97 Å². The number of ether oxygens (including phenoxy) is 2. The third-order valence-electron chi connectivity index (χ3n) is 4.72.